The predicted octanol–water partition coefficient (Wildman–Crippen LogP) is 2.65. The van der Waals surface area contributed by atoms with Gasteiger partial charge in [-0.15, -0.1) is 0 Å². The number of piperidine rings is 1. The fourth-order valence-electron chi connectivity index (χ4n) is 4.93. The first-order valence-corrected chi connectivity index (χ1v) is 11.9. The SMILES string of the molecule is C=CC(=O)N1CCCC(n2nc(-c3ccc(CN4CCOCC4C)cc3)c3c(N)ncnc32)C1. The van der Waals surface area contributed by atoms with E-state index < -0.39 is 0 Å². The topological polar surface area (TPSA) is 102 Å². The predicted molar refractivity (Wildman–Crippen MR) is 131 cm³/mol. The van der Waals surface area contributed by atoms with Crippen LogP contribution in [-0.2, 0) is 16.1 Å². The number of nitrogens with zero attached hydrogens (tertiary/aromatic N) is 6. The number of anilines is 1. The van der Waals surface area contributed by atoms with Crippen LogP contribution in [0.3, 0.4) is 0 Å². The summed E-state index contributed by atoms with van der Waals surface area (Å²) in [4.78, 5) is 25.2. The first kappa shape index (κ1) is 22.5. The summed E-state index contributed by atoms with van der Waals surface area (Å²) in [5, 5.41) is 5.72. The number of amides is 1. The molecule has 2 atom stereocenters. The molecular weight excluding hydrogens is 430 g/mol. The van der Waals surface area contributed by atoms with Gasteiger partial charge in [-0.2, -0.15) is 5.10 Å². The highest BCUT2D eigenvalue weighted by Gasteiger charge is 2.28. The molecule has 9 heteroatoms. The van der Waals surface area contributed by atoms with Crippen molar-refractivity contribution in [2.45, 2.75) is 38.4 Å². The minimum atomic E-state index is -0.0549. The Balaban J connectivity index is 1.46. The fraction of sp³-hybridized carbons (Fsp3) is 0.440. The molecule has 2 aliphatic heterocycles. The summed E-state index contributed by atoms with van der Waals surface area (Å²) < 4.78 is 7.48. The second kappa shape index (κ2) is 9.52. The third-order valence-electron chi connectivity index (χ3n) is 6.87. The number of aromatic nitrogens is 4. The Morgan fingerprint density at radius 1 is 1.26 bits per heavy atom. The fourth-order valence-corrected chi connectivity index (χ4v) is 4.93. The Bertz CT molecular complexity index is 1190. The van der Waals surface area contributed by atoms with Crippen molar-refractivity contribution in [3.63, 3.8) is 0 Å². The van der Waals surface area contributed by atoms with Gasteiger partial charge in [0.15, 0.2) is 5.65 Å². The average molecular weight is 462 g/mol. The van der Waals surface area contributed by atoms with Crippen molar-refractivity contribution in [1.82, 2.24) is 29.5 Å². The molecule has 1 aromatic carbocycles. The molecule has 2 N–H and O–H groups in total. The van der Waals surface area contributed by atoms with Crippen molar-refractivity contribution in [1.29, 1.82) is 0 Å². The van der Waals surface area contributed by atoms with Gasteiger partial charge >= 0.3 is 0 Å². The first-order chi connectivity index (χ1) is 16.5. The van der Waals surface area contributed by atoms with Gasteiger partial charge in [0.25, 0.3) is 0 Å². The summed E-state index contributed by atoms with van der Waals surface area (Å²) in [5.74, 6) is 0.355. The van der Waals surface area contributed by atoms with E-state index in [1.807, 2.05) is 9.58 Å². The van der Waals surface area contributed by atoms with Crippen molar-refractivity contribution < 1.29 is 9.53 Å². The zero-order valence-electron chi connectivity index (χ0n) is 19.6. The molecule has 34 heavy (non-hydrogen) atoms. The lowest BCUT2D eigenvalue weighted by Crippen LogP contribution is -2.42. The number of benzene rings is 1. The summed E-state index contributed by atoms with van der Waals surface area (Å²) in [6.45, 7) is 10.5. The molecule has 4 heterocycles. The highest BCUT2D eigenvalue weighted by molar-refractivity contribution is 5.98. The molecule has 2 saturated heterocycles. The van der Waals surface area contributed by atoms with Crippen molar-refractivity contribution >= 4 is 22.8 Å². The number of nitrogen functional groups attached to an aromatic ring is 1. The van der Waals surface area contributed by atoms with Crippen molar-refractivity contribution in [2.75, 3.05) is 38.6 Å². The number of hydrogen-bond acceptors (Lipinski definition) is 7. The first-order valence-electron chi connectivity index (χ1n) is 11.9. The van der Waals surface area contributed by atoms with E-state index in [2.05, 4.69) is 52.6 Å². The number of likely N-dealkylation sites (tertiary alicyclic amines) is 1. The maximum absolute atomic E-state index is 12.2. The van der Waals surface area contributed by atoms with E-state index in [1.165, 1.54) is 18.0 Å². The standard InChI is InChI=1S/C25H31N7O2/c1-3-21(33)31-10-4-5-20(14-31)32-25-22(24(26)27-16-28-25)23(29-32)19-8-6-18(7-9-19)13-30-11-12-34-15-17(30)2/h3,6-9,16-17,20H,1,4-5,10-15H2,2H3,(H2,26,27,28). The van der Waals surface area contributed by atoms with Crippen LogP contribution in [0.4, 0.5) is 5.82 Å². The van der Waals surface area contributed by atoms with Crippen molar-refractivity contribution in [3.8, 4) is 11.3 Å². The van der Waals surface area contributed by atoms with Crippen molar-refractivity contribution in [3.05, 3.63) is 48.8 Å². The van der Waals surface area contributed by atoms with Crippen LogP contribution in [0.2, 0.25) is 0 Å². The molecule has 2 aromatic heterocycles. The molecule has 0 saturated carbocycles. The minimum Gasteiger partial charge on any atom is -0.383 e. The number of hydrogen-bond donors (Lipinski definition) is 1. The lowest BCUT2D eigenvalue weighted by atomic mass is 10.1. The van der Waals surface area contributed by atoms with E-state index in [1.54, 1.807) is 0 Å². The second-order valence-corrected chi connectivity index (χ2v) is 9.13. The maximum atomic E-state index is 12.2. The summed E-state index contributed by atoms with van der Waals surface area (Å²) in [6.07, 6.45) is 4.66. The number of morpholine rings is 1. The van der Waals surface area contributed by atoms with E-state index in [0.717, 1.165) is 62.3 Å². The summed E-state index contributed by atoms with van der Waals surface area (Å²) in [7, 11) is 0. The van der Waals surface area contributed by atoms with Crippen LogP contribution in [0.15, 0.2) is 43.2 Å². The molecule has 3 aromatic rings. The molecule has 0 bridgehead atoms. The Morgan fingerprint density at radius 2 is 2.09 bits per heavy atom. The number of fused-ring (bicyclic) bond motifs is 1. The third kappa shape index (κ3) is 4.28. The normalized spacial score (nSPS) is 21.6. The summed E-state index contributed by atoms with van der Waals surface area (Å²) >= 11 is 0. The largest absolute Gasteiger partial charge is 0.383 e. The summed E-state index contributed by atoms with van der Waals surface area (Å²) in [5.41, 5.74) is 9.99. The zero-order chi connectivity index (χ0) is 23.7. The molecule has 5 rings (SSSR count). The van der Waals surface area contributed by atoms with Gasteiger partial charge in [0.2, 0.25) is 5.91 Å². The number of ether oxygens (including phenoxy) is 1. The van der Waals surface area contributed by atoms with E-state index in [4.69, 9.17) is 15.6 Å². The van der Waals surface area contributed by atoms with E-state index >= 15 is 0 Å². The van der Waals surface area contributed by atoms with Gasteiger partial charge in [0.05, 0.1) is 24.6 Å². The molecule has 2 fully saturated rings. The average Bonchev–Trinajstić information content (AvgIpc) is 3.26. The third-order valence-corrected chi connectivity index (χ3v) is 6.87. The van der Waals surface area contributed by atoms with Gasteiger partial charge in [0, 0.05) is 37.8 Å². The number of carbonyl (C=O) groups excluding carboxylic acids is 1. The second-order valence-electron chi connectivity index (χ2n) is 9.13. The van der Waals surface area contributed by atoms with Crippen LogP contribution in [0.25, 0.3) is 22.3 Å². The Hall–Kier alpha value is -3.30. The van der Waals surface area contributed by atoms with Crippen LogP contribution in [-0.4, -0.2) is 74.3 Å². The number of rotatable bonds is 5. The smallest absolute Gasteiger partial charge is 0.246 e. The van der Waals surface area contributed by atoms with Gasteiger partial charge in [-0.1, -0.05) is 30.8 Å². The molecule has 9 nitrogen and oxygen atoms in total. The summed E-state index contributed by atoms with van der Waals surface area (Å²) in [6, 6.07) is 8.90. The van der Waals surface area contributed by atoms with Crippen LogP contribution in [0.1, 0.15) is 31.4 Å². The zero-order valence-corrected chi connectivity index (χ0v) is 19.6. The minimum absolute atomic E-state index is 0.0188. The quantitative estimate of drug-likeness (QED) is 0.583. The lowest BCUT2D eigenvalue weighted by Gasteiger charge is -2.33. The van der Waals surface area contributed by atoms with E-state index in [9.17, 15) is 4.79 Å². The molecule has 0 radical (unpaired) electrons. The maximum Gasteiger partial charge on any atom is 0.246 e. The molecular formula is C25H31N7O2. The Kier molecular flexibility index (Phi) is 6.30. The highest BCUT2D eigenvalue weighted by Crippen LogP contribution is 2.34. The molecule has 178 valence electrons. The Morgan fingerprint density at radius 3 is 2.85 bits per heavy atom. The molecule has 0 aliphatic carbocycles. The van der Waals surface area contributed by atoms with Gasteiger partial charge in [0.1, 0.15) is 17.8 Å². The van der Waals surface area contributed by atoms with Gasteiger partial charge < -0.3 is 15.4 Å². The van der Waals surface area contributed by atoms with Crippen molar-refractivity contribution in [2.24, 2.45) is 0 Å². The Labute approximate surface area is 199 Å². The van der Waals surface area contributed by atoms with E-state index in [-0.39, 0.29) is 11.9 Å². The van der Waals surface area contributed by atoms with Crippen LogP contribution < -0.4 is 5.73 Å². The highest BCUT2D eigenvalue weighted by atomic mass is 16.5. The molecule has 0 spiro atoms. The van der Waals surface area contributed by atoms with Crippen LogP contribution in [0.5, 0.6) is 0 Å². The lowest BCUT2D eigenvalue weighted by molar-refractivity contribution is -0.127. The van der Waals surface area contributed by atoms with Gasteiger partial charge in [-0.3, -0.25) is 9.69 Å². The van der Waals surface area contributed by atoms with Crippen LogP contribution >= 0.6 is 0 Å². The van der Waals surface area contributed by atoms with Crippen LogP contribution in [0, 0.1) is 0 Å². The molecule has 2 aliphatic rings. The monoisotopic (exact) mass is 461 g/mol. The van der Waals surface area contributed by atoms with Gasteiger partial charge in [-0.05, 0) is 31.4 Å². The van der Waals surface area contributed by atoms with Gasteiger partial charge in [-0.25, -0.2) is 14.6 Å². The van der Waals surface area contributed by atoms with E-state index in [0.29, 0.717) is 24.1 Å². The molecule has 2 unspecified atom stereocenters. The number of carbonyl (C=O) groups is 1. The molecule has 1 amide bonds. The number of nitrogens with two attached hydrogens (primary N) is 1.